The molecule has 2 atom stereocenters. The Hall–Kier alpha value is -3.38. The number of amides is 2. The fourth-order valence-electron chi connectivity index (χ4n) is 4.48. The second kappa shape index (κ2) is 10.0. The monoisotopic (exact) mass is 442 g/mol. The molecule has 0 saturated heterocycles. The summed E-state index contributed by atoms with van der Waals surface area (Å²) in [7, 11) is 0. The van der Waals surface area contributed by atoms with Crippen LogP contribution in [-0.2, 0) is 6.54 Å². The van der Waals surface area contributed by atoms with Gasteiger partial charge in [-0.1, -0.05) is 24.3 Å². The molecular weight excluding hydrogens is 412 g/mol. The minimum absolute atomic E-state index is 0.0990. The van der Waals surface area contributed by atoms with E-state index in [1.807, 2.05) is 30.6 Å². The molecule has 0 aliphatic carbocycles. The second-order valence-corrected chi connectivity index (χ2v) is 8.67. The van der Waals surface area contributed by atoms with Gasteiger partial charge in [0.15, 0.2) is 0 Å². The van der Waals surface area contributed by atoms with Gasteiger partial charge in [0.1, 0.15) is 0 Å². The van der Waals surface area contributed by atoms with E-state index in [9.17, 15) is 9.59 Å². The minimum Gasteiger partial charge on any atom is -0.287 e. The van der Waals surface area contributed by atoms with Crippen LogP contribution in [0, 0.1) is 6.92 Å². The Morgan fingerprint density at radius 1 is 0.879 bits per heavy atom. The summed E-state index contributed by atoms with van der Waals surface area (Å²) < 4.78 is 0. The highest BCUT2D eigenvalue weighted by atomic mass is 16.2. The molecule has 0 radical (unpaired) electrons. The van der Waals surface area contributed by atoms with Crippen LogP contribution in [0.25, 0.3) is 0 Å². The van der Waals surface area contributed by atoms with E-state index in [0.29, 0.717) is 24.2 Å². The highest BCUT2D eigenvalue weighted by Crippen LogP contribution is 2.27. The molecule has 1 aliphatic rings. The maximum atomic E-state index is 12.7. The summed E-state index contributed by atoms with van der Waals surface area (Å²) in [6.07, 6.45) is 5.23. The molecule has 6 nitrogen and oxygen atoms in total. The van der Waals surface area contributed by atoms with Crippen molar-refractivity contribution < 1.29 is 9.59 Å². The SMILES string of the molecule is Cc1cccnc1CN(C(C)CCCN1C(=O)c2ccccc2C1=O)C(C)c1ccccn1. The highest BCUT2D eigenvalue weighted by Gasteiger charge is 2.34. The fraction of sp³-hybridized carbons (Fsp3) is 0.333. The topological polar surface area (TPSA) is 66.4 Å². The standard InChI is InChI=1S/C27H30N4O2/c1-19-10-8-16-29-25(19)18-31(21(3)24-14-6-7-15-28-24)20(2)11-9-17-30-26(32)22-12-4-5-13-23(22)27(30)33/h4-8,10,12-16,20-21H,9,11,17-18H2,1-3H3. The Morgan fingerprint density at radius 3 is 2.18 bits per heavy atom. The lowest BCUT2D eigenvalue weighted by Crippen LogP contribution is -2.37. The van der Waals surface area contributed by atoms with Crippen LogP contribution >= 0.6 is 0 Å². The van der Waals surface area contributed by atoms with Crippen molar-refractivity contribution >= 4 is 11.8 Å². The Balaban J connectivity index is 1.45. The fourth-order valence-corrected chi connectivity index (χ4v) is 4.48. The summed E-state index contributed by atoms with van der Waals surface area (Å²) in [5.41, 5.74) is 4.23. The van der Waals surface area contributed by atoms with Gasteiger partial charge in [0.05, 0.1) is 22.5 Å². The number of carbonyl (C=O) groups excluding carboxylic acids is 2. The maximum Gasteiger partial charge on any atom is 0.261 e. The molecule has 1 aromatic carbocycles. The molecule has 170 valence electrons. The van der Waals surface area contributed by atoms with E-state index < -0.39 is 0 Å². The molecule has 2 amide bonds. The summed E-state index contributed by atoms with van der Waals surface area (Å²) >= 11 is 0. The molecule has 0 fully saturated rings. The van der Waals surface area contributed by atoms with Gasteiger partial charge in [0, 0.05) is 37.6 Å². The molecular formula is C27H30N4O2. The predicted molar refractivity (Wildman–Crippen MR) is 128 cm³/mol. The third-order valence-electron chi connectivity index (χ3n) is 6.51. The van der Waals surface area contributed by atoms with Gasteiger partial charge in [0.25, 0.3) is 11.8 Å². The Bertz CT molecular complexity index is 1100. The number of hydrogen-bond acceptors (Lipinski definition) is 5. The number of hydrogen-bond donors (Lipinski definition) is 0. The summed E-state index contributed by atoms with van der Waals surface area (Å²) in [5, 5.41) is 0. The van der Waals surface area contributed by atoms with Crippen LogP contribution in [0.15, 0.2) is 67.0 Å². The summed E-state index contributed by atoms with van der Waals surface area (Å²) in [6.45, 7) is 7.57. The van der Waals surface area contributed by atoms with E-state index in [1.54, 1.807) is 24.3 Å². The van der Waals surface area contributed by atoms with Gasteiger partial charge in [-0.3, -0.25) is 29.4 Å². The number of pyridine rings is 2. The molecule has 2 unspecified atom stereocenters. The molecule has 0 N–H and O–H groups in total. The number of carbonyl (C=O) groups is 2. The van der Waals surface area contributed by atoms with E-state index in [-0.39, 0.29) is 23.9 Å². The van der Waals surface area contributed by atoms with Gasteiger partial charge in [-0.05, 0) is 69.5 Å². The molecule has 0 saturated carbocycles. The van der Waals surface area contributed by atoms with Gasteiger partial charge in [0.2, 0.25) is 0 Å². The van der Waals surface area contributed by atoms with E-state index in [0.717, 1.165) is 29.8 Å². The molecule has 33 heavy (non-hydrogen) atoms. The molecule has 0 bridgehead atoms. The normalized spacial score (nSPS) is 15.1. The number of fused-ring (bicyclic) bond motifs is 1. The summed E-state index contributed by atoms with van der Waals surface area (Å²) in [4.78, 5) is 38.3. The van der Waals surface area contributed by atoms with Gasteiger partial charge >= 0.3 is 0 Å². The predicted octanol–water partition coefficient (Wildman–Crippen LogP) is 4.81. The zero-order valence-electron chi connectivity index (χ0n) is 19.4. The van der Waals surface area contributed by atoms with Crippen molar-refractivity contribution in [1.82, 2.24) is 19.8 Å². The lowest BCUT2D eigenvalue weighted by atomic mass is 10.0. The zero-order valence-corrected chi connectivity index (χ0v) is 19.4. The van der Waals surface area contributed by atoms with Crippen LogP contribution in [0.4, 0.5) is 0 Å². The first-order valence-corrected chi connectivity index (χ1v) is 11.5. The molecule has 3 aromatic rings. The van der Waals surface area contributed by atoms with Crippen LogP contribution in [0.1, 0.15) is 70.4 Å². The van der Waals surface area contributed by atoms with Crippen LogP contribution < -0.4 is 0 Å². The summed E-state index contributed by atoms with van der Waals surface area (Å²) in [5.74, 6) is -0.378. The molecule has 4 rings (SSSR count). The van der Waals surface area contributed by atoms with Gasteiger partial charge < -0.3 is 0 Å². The Labute approximate surface area is 195 Å². The van der Waals surface area contributed by atoms with Crippen molar-refractivity contribution in [3.8, 4) is 0 Å². The number of rotatable bonds is 9. The van der Waals surface area contributed by atoms with Gasteiger partial charge in [-0.25, -0.2) is 0 Å². The second-order valence-electron chi connectivity index (χ2n) is 8.67. The van der Waals surface area contributed by atoms with Crippen LogP contribution in [-0.4, -0.2) is 44.2 Å². The lowest BCUT2D eigenvalue weighted by Gasteiger charge is -2.34. The quantitative estimate of drug-likeness (QED) is 0.445. The molecule has 0 spiro atoms. The maximum absolute atomic E-state index is 12.7. The Kier molecular flexibility index (Phi) is 6.94. The van der Waals surface area contributed by atoms with Crippen molar-refractivity contribution in [3.05, 3.63) is 95.1 Å². The minimum atomic E-state index is -0.189. The third kappa shape index (κ3) is 4.86. The zero-order chi connectivity index (χ0) is 23.4. The number of nitrogens with zero attached hydrogens (tertiary/aromatic N) is 4. The number of aromatic nitrogens is 2. The van der Waals surface area contributed by atoms with E-state index in [4.69, 9.17) is 0 Å². The molecule has 2 aromatic heterocycles. The first-order chi connectivity index (χ1) is 16.0. The van der Waals surface area contributed by atoms with E-state index in [2.05, 4.69) is 47.8 Å². The molecule has 6 heteroatoms. The van der Waals surface area contributed by atoms with Gasteiger partial charge in [-0.15, -0.1) is 0 Å². The summed E-state index contributed by atoms with van der Waals surface area (Å²) in [6, 6.07) is 17.4. The first-order valence-electron chi connectivity index (χ1n) is 11.5. The molecule has 1 aliphatic heterocycles. The van der Waals surface area contributed by atoms with Crippen LogP contribution in [0.2, 0.25) is 0 Å². The third-order valence-corrected chi connectivity index (χ3v) is 6.51. The van der Waals surface area contributed by atoms with Crippen molar-refractivity contribution in [2.24, 2.45) is 0 Å². The highest BCUT2D eigenvalue weighted by molar-refractivity contribution is 6.21. The van der Waals surface area contributed by atoms with Crippen molar-refractivity contribution in [2.75, 3.05) is 6.54 Å². The first kappa shape index (κ1) is 22.8. The largest absolute Gasteiger partial charge is 0.287 e. The number of imide groups is 1. The lowest BCUT2D eigenvalue weighted by molar-refractivity contribution is 0.0642. The van der Waals surface area contributed by atoms with Crippen molar-refractivity contribution in [3.63, 3.8) is 0 Å². The van der Waals surface area contributed by atoms with E-state index in [1.165, 1.54) is 4.90 Å². The van der Waals surface area contributed by atoms with Crippen LogP contribution in [0.3, 0.4) is 0 Å². The Morgan fingerprint density at radius 2 is 1.55 bits per heavy atom. The molecule has 3 heterocycles. The number of benzene rings is 1. The average Bonchev–Trinajstić information content (AvgIpc) is 3.08. The van der Waals surface area contributed by atoms with Crippen molar-refractivity contribution in [1.29, 1.82) is 0 Å². The van der Waals surface area contributed by atoms with Gasteiger partial charge in [-0.2, -0.15) is 0 Å². The smallest absolute Gasteiger partial charge is 0.261 e. The van der Waals surface area contributed by atoms with Crippen LogP contribution in [0.5, 0.6) is 0 Å². The van der Waals surface area contributed by atoms with Crippen molar-refractivity contribution in [2.45, 2.75) is 52.2 Å². The average molecular weight is 443 g/mol. The van der Waals surface area contributed by atoms with E-state index >= 15 is 0 Å². The number of aryl methyl sites for hydroxylation is 1.